The predicted octanol–water partition coefficient (Wildman–Crippen LogP) is 2.80. The van der Waals surface area contributed by atoms with Gasteiger partial charge in [0.2, 0.25) is 0 Å². The molecule has 0 aromatic heterocycles. The number of benzene rings is 1. The number of carbonyl (C=O) groups excluding carboxylic acids is 1. The number of ketones is 1. The zero-order chi connectivity index (χ0) is 21.9. The van der Waals surface area contributed by atoms with Crippen LogP contribution >= 0.6 is 23.5 Å². The molecule has 1 aliphatic rings. The summed E-state index contributed by atoms with van der Waals surface area (Å²) in [7, 11) is 0. The van der Waals surface area contributed by atoms with Crippen molar-refractivity contribution in [3.63, 3.8) is 0 Å². The van der Waals surface area contributed by atoms with Crippen LogP contribution in [0.25, 0.3) is 0 Å². The zero-order valence-corrected chi connectivity index (χ0v) is 18.7. The molecule has 0 saturated heterocycles. The minimum absolute atomic E-state index is 0.0271. The number of aliphatic carboxylic acids is 1. The summed E-state index contributed by atoms with van der Waals surface area (Å²) in [4.78, 5) is 22.8. The maximum atomic E-state index is 12.3. The van der Waals surface area contributed by atoms with Crippen molar-refractivity contribution < 1.29 is 29.6 Å². The topological polar surface area (TPSA) is 104 Å². The summed E-state index contributed by atoms with van der Waals surface area (Å²) in [6.45, 7) is 2.50. The summed E-state index contributed by atoms with van der Waals surface area (Å²) >= 11 is 2.87. The minimum atomic E-state index is -0.824. The first-order valence-corrected chi connectivity index (χ1v) is 12.3. The van der Waals surface area contributed by atoms with E-state index in [1.54, 1.807) is 12.2 Å². The molecule has 3 N–H and O–H groups in total. The van der Waals surface area contributed by atoms with Crippen LogP contribution in [-0.4, -0.2) is 68.4 Å². The van der Waals surface area contributed by atoms with Gasteiger partial charge in [0.25, 0.3) is 0 Å². The van der Waals surface area contributed by atoms with Gasteiger partial charge in [-0.05, 0) is 42.5 Å². The van der Waals surface area contributed by atoms with E-state index in [1.165, 1.54) is 23.5 Å². The predicted molar refractivity (Wildman–Crippen MR) is 121 cm³/mol. The second kappa shape index (κ2) is 13.0. The highest BCUT2D eigenvalue weighted by Crippen LogP contribution is 2.34. The average Bonchev–Trinajstić information content (AvgIpc) is 2.95. The van der Waals surface area contributed by atoms with Gasteiger partial charge in [0, 0.05) is 18.8 Å². The van der Waals surface area contributed by atoms with E-state index in [4.69, 9.17) is 9.84 Å². The van der Waals surface area contributed by atoms with Crippen LogP contribution in [0.1, 0.15) is 25.3 Å². The number of Topliss-reactive ketones (excluding diaryl/α,β-unsaturated/α-hetero) is 1. The monoisotopic (exact) mass is 454 g/mol. The Morgan fingerprint density at radius 3 is 2.90 bits per heavy atom. The van der Waals surface area contributed by atoms with Crippen LogP contribution in [0.5, 0.6) is 5.75 Å². The van der Waals surface area contributed by atoms with Gasteiger partial charge in [-0.2, -0.15) is 11.8 Å². The summed E-state index contributed by atoms with van der Waals surface area (Å²) in [6.07, 6.45) is 3.33. The number of aliphatic hydroxyl groups is 2. The molecule has 0 radical (unpaired) electrons. The van der Waals surface area contributed by atoms with Gasteiger partial charge in [0.15, 0.2) is 0 Å². The lowest BCUT2D eigenvalue weighted by Crippen LogP contribution is -2.22. The fourth-order valence-corrected chi connectivity index (χ4v) is 5.53. The highest BCUT2D eigenvalue weighted by Gasteiger charge is 2.40. The molecule has 0 bridgehead atoms. The molecule has 1 aliphatic carbocycles. The maximum Gasteiger partial charge on any atom is 0.313 e. The number of ether oxygens (including phenoxy) is 1. The first-order valence-electron chi connectivity index (χ1n) is 10.1. The largest absolute Gasteiger partial charge is 0.494 e. The third kappa shape index (κ3) is 8.34. The lowest BCUT2D eigenvalue weighted by Gasteiger charge is -2.17. The Balaban J connectivity index is 1.85. The third-order valence-corrected chi connectivity index (χ3v) is 7.18. The molecule has 3 unspecified atom stereocenters. The van der Waals surface area contributed by atoms with E-state index in [2.05, 4.69) is 0 Å². The summed E-state index contributed by atoms with van der Waals surface area (Å²) in [5.41, 5.74) is 0.950. The molecule has 1 saturated carbocycles. The van der Waals surface area contributed by atoms with Crippen LogP contribution in [0.15, 0.2) is 36.4 Å². The molecule has 0 amide bonds. The molecule has 6 nitrogen and oxygen atoms in total. The van der Waals surface area contributed by atoms with Gasteiger partial charge in [-0.3, -0.25) is 9.59 Å². The van der Waals surface area contributed by atoms with Crippen LogP contribution < -0.4 is 4.74 Å². The minimum Gasteiger partial charge on any atom is -0.494 e. The van der Waals surface area contributed by atoms with E-state index < -0.39 is 18.2 Å². The van der Waals surface area contributed by atoms with Gasteiger partial charge < -0.3 is 20.1 Å². The molecule has 0 heterocycles. The van der Waals surface area contributed by atoms with Gasteiger partial charge in [-0.25, -0.2) is 0 Å². The fourth-order valence-electron chi connectivity index (χ4n) is 3.33. The number of carbonyl (C=O) groups is 2. The fraction of sp³-hybridized carbons (Fsp3) is 0.545. The van der Waals surface area contributed by atoms with Gasteiger partial charge in [0.1, 0.15) is 11.5 Å². The van der Waals surface area contributed by atoms with Crippen molar-refractivity contribution in [2.75, 3.05) is 23.9 Å². The Bertz CT molecular complexity index is 723. The number of aliphatic hydroxyl groups excluding tert-OH is 2. The van der Waals surface area contributed by atoms with Crippen LogP contribution in [0.4, 0.5) is 0 Å². The number of thioether (sulfide) groups is 2. The molecule has 0 spiro atoms. The SMILES string of the molecule is CCOc1cccc(CC(O)C=C[C@H]2C(O)CC(=O)C2SCCCSCC(=O)O)c1. The molecular formula is C22H30O6S2. The first-order chi connectivity index (χ1) is 14.4. The van der Waals surface area contributed by atoms with E-state index in [0.29, 0.717) is 13.0 Å². The zero-order valence-electron chi connectivity index (χ0n) is 17.1. The normalized spacial score (nSPS) is 22.5. The highest BCUT2D eigenvalue weighted by molar-refractivity contribution is 8.01. The number of carboxylic acid groups (broad SMARTS) is 1. The van der Waals surface area contributed by atoms with E-state index in [0.717, 1.165) is 29.2 Å². The van der Waals surface area contributed by atoms with E-state index in [9.17, 15) is 19.8 Å². The first kappa shape index (κ1) is 24.8. The Morgan fingerprint density at radius 1 is 1.37 bits per heavy atom. The molecular weight excluding hydrogens is 424 g/mol. The Labute approximate surface area is 186 Å². The van der Waals surface area contributed by atoms with E-state index >= 15 is 0 Å². The number of hydrogen-bond donors (Lipinski definition) is 3. The molecule has 1 aromatic rings. The van der Waals surface area contributed by atoms with Gasteiger partial charge >= 0.3 is 5.97 Å². The average molecular weight is 455 g/mol. The van der Waals surface area contributed by atoms with Crippen molar-refractivity contribution in [3.05, 3.63) is 42.0 Å². The van der Waals surface area contributed by atoms with Crippen LogP contribution in [0.2, 0.25) is 0 Å². The Morgan fingerprint density at radius 2 is 2.17 bits per heavy atom. The van der Waals surface area contributed by atoms with Gasteiger partial charge in [0.05, 0.1) is 29.8 Å². The molecule has 4 atom stereocenters. The van der Waals surface area contributed by atoms with Crippen molar-refractivity contribution in [2.45, 2.75) is 43.6 Å². The van der Waals surface area contributed by atoms with Crippen LogP contribution in [0, 0.1) is 5.92 Å². The molecule has 166 valence electrons. The second-order valence-electron chi connectivity index (χ2n) is 7.14. The molecule has 1 aromatic carbocycles. The van der Waals surface area contributed by atoms with Gasteiger partial charge in [-0.15, -0.1) is 11.8 Å². The summed E-state index contributed by atoms with van der Waals surface area (Å²) in [6, 6.07) is 7.58. The second-order valence-corrected chi connectivity index (χ2v) is 9.50. The van der Waals surface area contributed by atoms with Crippen molar-refractivity contribution >= 4 is 35.3 Å². The van der Waals surface area contributed by atoms with Crippen LogP contribution in [0.3, 0.4) is 0 Å². The number of hydrogen-bond acceptors (Lipinski definition) is 7. The Kier molecular flexibility index (Phi) is 10.8. The highest BCUT2D eigenvalue weighted by atomic mass is 32.2. The van der Waals surface area contributed by atoms with Crippen LogP contribution in [-0.2, 0) is 16.0 Å². The third-order valence-electron chi connectivity index (χ3n) is 4.69. The van der Waals surface area contributed by atoms with Crippen molar-refractivity contribution in [2.24, 2.45) is 5.92 Å². The molecule has 8 heteroatoms. The van der Waals surface area contributed by atoms with Crippen molar-refractivity contribution in [1.82, 2.24) is 0 Å². The molecule has 1 fully saturated rings. The number of rotatable bonds is 13. The van der Waals surface area contributed by atoms with E-state index in [-0.39, 0.29) is 29.1 Å². The lowest BCUT2D eigenvalue weighted by molar-refractivity contribution is -0.133. The molecule has 2 rings (SSSR count). The standard InChI is InChI=1S/C22H30O6S2/c1-2-28-17-6-3-5-15(12-17)11-16(23)7-8-18-19(24)13-20(25)22(18)30-10-4-9-29-14-21(26)27/h3,5-8,12,16,18-19,22-24H,2,4,9-11,13-14H2,1H3,(H,26,27)/t16?,18-,19?,22?/m0/s1. The van der Waals surface area contributed by atoms with E-state index in [1.807, 2.05) is 31.2 Å². The van der Waals surface area contributed by atoms with Gasteiger partial charge in [-0.1, -0.05) is 24.3 Å². The van der Waals surface area contributed by atoms with Crippen molar-refractivity contribution in [3.8, 4) is 5.75 Å². The quantitative estimate of drug-likeness (QED) is 0.309. The maximum absolute atomic E-state index is 12.3. The lowest BCUT2D eigenvalue weighted by atomic mass is 10.0. The summed E-state index contributed by atoms with van der Waals surface area (Å²) < 4.78 is 5.48. The summed E-state index contributed by atoms with van der Waals surface area (Å²) in [5.74, 6) is 1.19. The van der Waals surface area contributed by atoms with Crippen molar-refractivity contribution in [1.29, 1.82) is 0 Å². The molecule has 0 aliphatic heterocycles. The number of carboxylic acids is 1. The Hall–Kier alpha value is -1.48. The smallest absolute Gasteiger partial charge is 0.313 e. The molecule has 30 heavy (non-hydrogen) atoms. The summed E-state index contributed by atoms with van der Waals surface area (Å²) in [5, 5.41) is 29.0.